The van der Waals surface area contributed by atoms with Gasteiger partial charge in [-0.15, -0.1) is 0 Å². The van der Waals surface area contributed by atoms with Crippen LogP contribution in [0.5, 0.6) is 5.75 Å². The van der Waals surface area contributed by atoms with E-state index in [2.05, 4.69) is 10.6 Å². The van der Waals surface area contributed by atoms with Crippen LogP contribution in [0.3, 0.4) is 0 Å². The van der Waals surface area contributed by atoms with Crippen molar-refractivity contribution in [3.05, 3.63) is 58.1 Å². The van der Waals surface area contributed by atoms with Gasteiger partial charge in [0.05, 0.1) is 11.7 Å². The summed E-state index contributed by atoms with van der Waals surface area (Å²) in [4.78, 5) is 55.5. The molecule has 16 heteroatoms. The number of hydroxylamine groups is 1. The molecule has 0 heterocycles. The lowest BCUT2D eigenvalue weighted by molar-refractivity contribution is -0.246. The van der Waals surface area contributed by atoms with Gasteiger partial charge in [0.1, 0.15) is 28.6 Å². The van der Waals surface area contributed by atoms with Crippen molar-refractivity contribution in [1.29, 1.82) is 0 Å². The summed E-state index contributed by atoms with van der Waals surface area (Å²) >= 11 is 0. The molecule has 0 bridgehead atoms. The highest BCUT2D eigenvalue weighted by Gasteiger charge is 2.63. The summed E-state index contributed by atoms with van der Waals surface area (Å²) in [6.45, 7) is 0. The van der Waals surface area contributed by atoms with Crippen LogP contribution < -0.4 is 31.4 Å². The molecule has 47 heavy (non-hydrogen) atoms. The smallest absolute Gasteiger partial charge is 0.323 e. The summed E-state index contributed by atoms with van der Waals surface area (Å²) in [6, 6.07) is 2.70. The Kier molecular flexibility index (Phi) is 8.16. The Hall–Kier alpha value is -5.19. The molecule has 8 N–H and O–H groups in total. The Morgan fingerprint density at radius 3 is 2.30 bits per heavy atom. The first-order valence-corrected chi connectivity index (χ1v) is 14.4. The largest absolute Gasteiger partial charge is 0.872 e. The van der Waals surface area contributed by atoms with E-state index in [9.17, 15) is 49.2 Å². The first-order valence-electron chi connectivity index (χ1n) is 14.4. The number of anilines is 4. The molecule has 3 aliphatic rings. The highest BCUT2D eigenvalue weighted by molar-refractivity contribution is 6.24. The molecule has 1 fully saturated rings. The van der Waals surface area contributed by atoms with Gasteiger partial charge in [-0.2, -0.15) is 0 Å². The minimum atomic E-state index is -2.83. The average Bonchev–Trinajstić information content (AvgIpc) is 2.96. The number of halogens is 1. The lowest BCUT2D eigenvalue weighted by Crippen LogP contribution is -2.65. The number of aliphatic hydroxyl groups is 2. The number of carbonyl (C=O) groups is 4. The van der Waals surface area contributed by atoms with E-state index in [0.29, 0.717) is 16.3 Å². The van der Waals surface area contributed by atoms with Crippen molar-refractivity contribution in [2.24, 2.45) is 17.6 Å². The number of amides is 3. The molecule has 0 radical (unpaired) electrons. The normalized spacial score (nSPS) is 23.6. The highest BCUT2D eigenvalue weighted by Crippen LogP contribution is 2.54. The number of urea groups is 1. The Morgan fingerprint density at radius 2 is 1.72 bits per heavy atom. The molecule has 1 saturated carbocycles. The zero-order valence-electron chi connectivity index (χ0n) is 26.1. The third-order valence-electron chi connectivity index (χ3n) is 8.96. The van der Waals surface area contributed by atoms with Crippen LogP contribution in [-0.4, -0.2) is 95.8 Å². The SMILES string of the molecule is CN(C)c1cc(NC(=O)Nc2ccc(F)c(N(C)O)c2)c(O)c2c1C[C@H]1C[C@H]3[C@H](N(C)C)C(=O)C(C(N)=O)=C(O)[C@@]3(O)C(=O)C1=C2[O-]. The molecule has 2 aromatic rings. The number of rotatable bonds is 6. The number of phenolic OH excluding ortho intramolecular Hbond substituents is 1. The molecule has 3 aliphatic carbocycles. The van der Waals surface area contributed by atoms with E-state index in [-0.39, 0.29) is 35.5 Å². The minimum Gasteiger partial charge on any atom is -0.872 e. The van der Waals surface area contributed by atoms with Gasteiger partial charge in [0.15, 0.2) is 17.2 Å². The van der Waals surface area contributed by atoms with Crippen LogP contribution in [0.25, 0.3) is 5.76 Å². The second-order valence-electron chi connectivity index (χ2n) is 12.3. The van der Waals surface area contributed by atoms with Crippen LogP contribution in [0.1, 0.15) is 17.5 Å². The second kappa shape index (κ2) is 11.6. The molecule has 5 rings (SSSR count). The molecule has 15 nitrogen and oxygen atoms in total. The number of benzene rings is 2. The number of nitrogens with zero attached hydrogens (tertiary/aromatic N) is 3. The van der Waals surface area contributed by atoms with E-state index in [1.54, 1.807) is 19.0 Å². The fourth-order valence-corrected chi connectivity index (χ4v) is 6.89. The van der Waals surface area contributed by atoms with Crippen LogP contribution in [0.4, 0.5) is 31.9 Å². The number of aromatic hydroxyl groups is 1. The van der Waals surface area contributed by atoms with Gasteiger partial charge in [0.2, 0.25) is 0 Å². The molecule has 0 aromatic heterocycles. The number of carbonyl (C=O) groups excluding carboxylic acids is 4. The summed E-state index contributed by atoms with van der Waals surface area (Å²) in [5.74, 6) is -9.18. The number of nitrogens with two attached hydrogens (primary N) is 1. The number of ketones is 2. The third-order valence-corrected chi connectivity index (χ3v) is 8.96. The molecule has 250 valence electrons. The number of hydrogen-bond donors (Lipinski definition) is 7. The van der Waals surface area contributed by atoms with E-state index < -0.39 is 81.2 Å². The summed E-state index contributed by atoms with van der Waals surface area (Å²) in [5.41, 5.74) is 1.18. The second-order valence-corrected chi connectivity index (χ2v) is 12.3. The molecule has 3 amide bonds. The number of primary amides is 1. The molecule has 2 aromatic carbocycles. The van der Waals surface area contributed by atoms with Crippen molar-refractivity contribution < 1.29 is 49.2 Å². The molecule has 0 unspecified atom stereocenters. The lowest BCUT2D eigenvalue weighted by atomic mass is 9.57. The highest BCUT2D eigenvalue weighted by atomic mass is 19.1. The summed E-state index contributed by atoms with van der Waals surface area (Å²) < 4.78 is 14.0. The van der Waals surface area contributed by atoms with Crippen molar-refractivity contribution in [1.82, 2.24) is 4.90 Å². The number of aliphatic hydroxyl groups excluding tert-OH is 1. The quantitative estimate of drug-likeness (QED) is 0.128. The Balaban J connectivity index is 1.60. The van der Waals surface area contributed by atoms with Crippen molar-refractivity contribution >= 4 is 52.0 Å². The maximum Gasteiger partial charge on any atom is 0.323 e. The predicted molar refractivity (Wildman–Crippen MR) is 165 cm³/mol. The molecule has 0 spiro atoms. The summed E-state index contributed by atoms with van der Waals surface area (Å²) in [6.07, 6.45) is -0.108. The van der Waals surface area contributed by atoms with Gasteiger partial charge in [-0.3, -0.25) is 29.6 Å². The van der Waals surface area contributed by atoms with Crippen LogP contribution in [0.2, 0.25) is 0 Å². The van der Waals surface area contributed by atoms with Gasteiger partial charge in [-0.05, 0) is 68.3 Å². The van der Waals surface area contributed by atoms with Crippen LogP contribution in [0, 0.1) is 17.7 Å². The molecular weight excluding hydrogens is 619 g/mol. The number of fused-ring (bicyclic) bond motifs is 3. The van der Waals surface area contributed by atoms with Gasteiger partial charge in [0, 0.05) is 44.0 Å². The van der Waals surface area contributed by atoms with Crippen molar-refractivity contribution in [3.8, 4) is 5.75 Å². The predicted octanol–water partition coefficient (Wildman–Crippen LogP) is 0.441. The number of hydrogen-bond acceptors (Lipinski definition) is 12. The summed E-state index contributed by atoms with van der Waals surface area (Å²) in [7, 11) is 7.51. The van der Waals surface area contributed by atoms with E-state index >= 15 is 0 Å². The van der Waals surface area contributed by atoms with Crippen molar-refractivity contribution in [3.63, 3.8) is 0 Å². The molecule has 4 atom stereocenters. The van der Waals surface area contributed by atoms with Crippen molar-refractivity contribution in [2.45, 2.75) is 24.5 Å². The number of phenols is 1. The maximum absolute atomic E-state index is 14.1. The van der Waals surface area contributed by atoms with Gasteiger partial charge < -0.3 is 41.7 Å². The number of nitrogens with one attached hydrogen (secondary N) is 2. The number of likely N-dealkylation sites (N-methyl/N-ethyl adjacent to an activating group) is 1. The van der Waals surface area contributed by atoms with Crippen LogP contribution in [-0.2, 0) is 20.8 Å². The van der Waals surface area contributed by atoms with Crippen LogP contribution in [0.15, 0.2) is 41.2 Å². The van der Waals surface area contributed by atoms with E-state index in [1.807, 2.05) is 0 Å². The Labute approximate surface area is 267 Å². The zero-order chi connectivity index (χ0) is 34.9. The molecule has 0 aliphatic heterocycles. The third kappa shape index (κ3) is 5.10. The number of Topliss-reactive ketones (excluding diaryl/α,β-unsaturated/α-hetero) is 2. The van der Waals surface area contributed by atoms with E-state index in [4.69, 9.17) is 5.73 Å². The molecular formula is C31H34FN6O9-. The maximum atomic E-state index is 14.1. The fourth-order valence-electron chi connectivity index (χ4n) is 6.89. The fraction of sp³-hybridized carbons (Fsp3) is 0.355. The van der Waals surface area contributed by atoms with Gasteiger partial charge >= 0.3 is 6.03 Å². The topological polar surface area (TPSA) is 232 Å². The van der Waals surface area contributed by atoms with Gasteiger partial charge in [-0.1, -0.05) is 5.76 Å². The van der Waals surface area contributed by atoms with Crippen molar-refractivity contribution in [2.75, 3.05) is 55.8 Å². The van der Waals surface area contributed by atoms with Gasteiger partial charge in [0.25, 0.3) is 5.91 Å². The molecule has 0 saturated heterocycles. The Bertz CT molecular complexity index is 1800. The standard InChI is InChI=1S/C31H35FN6O9/c1-36(2)18-11-17(35-30(45)34-13-6-7-16(32)19(10-13)38(5)47)24(39)21-14(18)8-12-9-15-23(37(3)4)26(41)22(29(33)44)28(43)31(15,46)27(42)20(12)25(21)40/h6-7,10-12,15,23,39-40,43,46-47H,8-9H2,1-5H3,(H2,33,44)(H2,34,35,45)/p-1/t12-,15-,23-,31-/m0/s1. The van der Waals surface area contributed by atoms with Crippen LogP contribution >= 0.6 is 0 Å². The first-order chi connectivity index (χ1) is 21.9. The summed E-state index contributed by atoms with van der Waals surface area (Å²) in [5, 5.41) is 63.3. The first kappa shape index (κ1) is 33.2. The average molecular weight is 654 g/mol. The monoisotopic (exact) mass is 653 g/mol. The Morgan fingerprint density at radius 1 is 1.06 bits per heavy atom. The van der Waals surface area contributed by atoms with Gasteiger partial charge in [-0.25, -0.2) is 9.18 Å². The zero-order valence-corrected chi connectivity index (χ0v) is 26.1. The minimum absolute atomic E-state index is 0.0107. The van der Waals surface area contributed by atoms with E-state index in [1.165, 1.54) is 38.2 Å². The van der Waals surface area contributed by atoms with E-state index in [0.717, 1.165) is 12.1 Å². The lowest BCUT2D eigenvalue weighted by Gasteiger charge is -2.51.